The summed E-state index contributed by atoms with van der Waals surface area (Å²) >= 11 is 0. The molecule has 0 atom stereocenters. The fourth-order valence-electron chi connectivity index (χ4n) is 2.74. The molecule has 0 aliphatic heterocycles. The number of aliphatic hydroxyl groups is 1. The molecule has 0 amide bonds. The maximum atomic E-state index is 9.39. The van der Waals surface area contributed by atoms with E-state index in [2.05, 4.69) is 11.1 Å². The molecule has 0 unspecified atom stereocenters. The molecule has 3 rings (SSSR count). The number of rotatable bonds is 4. The van der Waals surface area contributed by atoms with E-state index in [1.807, 2.05) is 24.3 Å². The van der Waals surface area contributed by atoms with Gasteiger partial charge in [0.15, 0.2) is 0 Å². The SMILES string of the molecule is NCc1cc2c(nc1Oc1ccccc1CO)CCCC2. The van der Waals surface area contributed by atoms with Crippen LogP contribution in [0.2, 0.25) is 0 Å². The average molecular weight is 284 g/mol. The Bertz CT molecular complexity index is 641. The van der Waals surface area contributed by atoms with Crippen molar-refractivity contribution in [2.45, 2.75) is 38.8 Å². The molecular formula is C17H20N2O2. The highest BCUT2D eigenvalue weighted by Gasteiger charge is 2.16. The molecule has 110 valence electrons. The van der Waals surface area contributed by atoms with Crippen LogP contribution in [0.5, 0.6) is 11.6 Å². The second-order valence-electron chi connectivity index (χ2n) is 5.34. The van der Waals surface area contributed by atoms with E-state index >= 15 is 0 Å². The van der Waals surface area contributed by atoms with Crippen LogP contribution in [-0.2, 0) is 26.0 Å². The third-order valence-corrected chi connectivity index (χ3v) is 3.91. The lowest BCUT2D eigenvalue weighted by Crippen LogP contribution is -2.10. The number of aromatic nitrogens is 1. The first kappa shape index (κ1) is 14.0. The topological polar surface area (TPSA) is 68.4 Å². The normalized spacial score (nSPS) is 13.8. The van der Waals surface area contributed by atoms with Gasteiger partial charge in [-0.15, -0.1) is 0 Å². The molecule has 0 spiro atoms. The molecule has 1 aliphatic carbocycles. The molecule has 0 radical (unpaired) electrons. The summed E-state index contributed by atoms with van der Waals surface area (Å²) in [6.45, 7) is 0.343. The minimum absolute atomic E-state index is 0.0565. The third-order valence-electron chi connectivity index (χ3n) is 3.91. The second-order valence-corrected chi connectivity index (χ2v) is 5.34. The number of aryl methyl sites for hydroxylation is 2. The Balaban J connectivity index is 1.97. The van der Waals surface area contributed by atoms with Gasteiger partial charge >= 0.3 is 0 Å². The summed E-state index contributed by atoms with van der Waals surface area (Å²) in [5.74, 6) is 1.21. The maximum Gasteiger partial charge on any atom is 0.223 e. The van der Waals surface area contributed by atoms with Crippen molar-refractivity contribution in [2.24, 2.45) is 5.73 Å². The van der Waals surface area contributed by atoms with Crippen molar-refractivity contribution in [1.82, 2.24) is 4.98 Å². The van der Waals surface area contributed by atoms with Crippen molar-refractivity contribution < 1.29 is 9.84 Å². The molecule has 0 saturated heterocycles. The highest BCUT2D eigenvalue weighted by molar-refractivity contribution is 5.41. The highest BCUT2D eigenvalue weighted by Crippen LogP contribution is 2.30. The lowest BCUT2D eigenvalue weighted by Gasteiger charge is -2.19. The van der Waals surface area contributed by atoms with Crippen molar-refractivity contribution in [3.8, 4) is 11.6 Å². The first-order chi connectivity index (χ1) is 10.3. The van der Waals surface area contributed by atoms with E-state index in [1.165, 1.54) is 18.4 Å². The van der Waals surface area contributed by atoms with Gasteiger partial charge in [0.1, 0.15) is 5.75 Å². The first-order valence-corrected chi connectivity index (χ1v) is 7.40. The fourth-order valence-corrected chi connectivity index (χ4v) is 2.74. The first-order valence-electron chi connectivity index (χ1n) is 7.40. The molecule has 4 nitrogen and oxygen atoms in total. The van der Waals surface area contributed by atoms with Crippen LogP contribution < -0.4 is 10.5 Å². The Hall–Kier alpha value is -1.91. The molecule has 0 saturated carbocycles. The van der Waals surface area contributed by atoms with Crippen molar-refractivity contribution in [1.29, 1.82) is 0 Å². The molecule has 4 heteroatoms. The quantitative estimate of drug-likeness (QED) is 0.905. The van der Waals surface area contributed by atoms with Crippen LogP contribution in [0.4, 0.5) is 0 Å². The smallest absolute Gasteiger partial charge is 0.223 e. The van der Waals surface area contributed by atoms with Gasteiger partial charge in [-0.2, -0.15) is 0 Å². The van der Waals surface area contributed by atoms with Gasteiger partial charge in [0.25, 0.3) is 0 Å². The van der Waals surface area contributed by atoms with Gasteiger partial charge in [0.2, 0.25) is 5.88 Å². The van der Waals surface area contributed by atoms with Gasteiger partial charge in [0, 0.05) is 23.4 Å². The minimum Gasteiger partial charge on any atom is -0.438 e. The van der Waals surface area contributed by atoms with Crippen molar-refractivity contribution in [3.63, 3.8) is 0 Å². The van der Waals surface area contributed by atoms with Gasteiger partial charge in [-0.25, -0.2) is 4.98 Å². The van der Waals surface area contributed by atoms with E-state index in [-0.39, 0.29) is 6.61 Å². The number of benzene rings is 1. The van der Waals surface area contributed by atoms with Crippen LogP contribution in [-0.4, -0.2) is 10.1 Å². The maximum absolute atomic E-state index is 9.39. The summed E-state index contributed by atoms with van der Waals surface area (Å²) in [6, 6.07) is 9.57. The van der Waals surface area contributed by atoms with E-state index in [0.29, 0.717) is 18.2 Å². The predicted molar refractivity (Wildman–Crippen MR) is 81.2 cm³/mol. The Labute approximate surface area is 124 Å². The molecule has 21 heavy (non-hydrogen) atoms. The fraction of sp³-hybridized carbons (Fsp3) is 0.353. The largest absolute Gasteiger partial charge is 0.438 e. The van der Waals surface area contributed by atoms with E-state index < -0.39 is 0 Å². The van der Waals surface area contributed by atoms with Crippen LogP contribution in [0.25, 0.3) is 0 Å². The number of para-hydroxylation sites is 1. The summed E-state index contributed by atoms with van der Waals surface area (Å²) in [7, 11) is 0. The molecule has 1 heterocycles. The number of hydrogen-bond acceptors (Lipinski definition) is 4. The summed E-state index contributed by atoms with van der Waals surface area (Å²) in [4.78, 5) is 4.67. The van der Waals surface area contributed by atoms with Crippen LogP contribution in [0.15, 0.2) is 30.3 Å². The highest BCUT2D eigenvalue weighted by atomic mass is 16.5. The van der Waals surface area contributed by atoms with Crippen LogP contribution in [0, 0.1) is 0 Å². The Morgan fingerprint density at radius 1 is 1.14 bits per heavy atom. The van der Waals surface area contributed by atoms with E-state index in [9.17, 15) is 5.11 Å². The summed E-state index contributed by atoms with van der Waals surface area (Å²) in [5.41, 5.74) is 9.92. The van der Waals surface area contributed by atoms with E-state index in [0.717, 1.165) is 29.7 Å². The van der Waals surface area contributed by atoms with Crippen molar-refractivity contribution in [3.05, 3.63) is 52.7 Å². The van der Waals surface area contributed by atoms with Gasteiger partial charge < -0.3 is 15.6 Å². The van der Waals surface area contributed by atoms with Crippen molar-refractivity contribution >= 4 is 0 Å². The van der Waals surface area contributed by atoms with Crippen LogP contribution in [0.1, 0.15) is 35.2 Å². The summed E-state index contributed by atoms with van der Waals surface area (Å²) in [6.07, 6.45) is 4.46. The van der Waals surface area contributed by atoms with Gasteiger partial charge in [-0.1, -0.05) is 18.2 Å². The van der Waals surface area contributed by atoms with Crippen LogP contribution >= 0.6 is 0 Å². The molecule has 1 aromatic heterocycles. The zero-order valence-electron chi connectivity index (χ0n) is 12.0. The Morgan fingerprint density at radius 3 is 2.76 bits per heavy atom. The Morgan fingerprint density at radius 2 is 1.95 bits per heavy atom. The second kappa shape index (κ2) is 6.24. The number of aliphatic hydroxyl groups excluding tert-OH is 1. The molecule has 0 bridgehead atoms. The number of hydrogen-bond donors (Lipinski definition) is 2. The molecule has 0 fully saturated rings. The molecule has 1 aliphatic rings. The van der Waals surface area contributed by atoms with Gasteiger partial charge in [-0.3, -0.25) is 0 Å². The van der Waals surface area contributed by atoms with Gasteiger partial charge in [0.05, 0.1) is 6.61 Å². The zero-order valence-corrected chi connectivity index (χ0v) is 12.0. The number of pyridine rings is 1. The third kappa shape index (κ3) is 2.91. The number of ether oxygens (including phenoxy) is 1. The van der Waals surface area contributed by atoms with E-state index in [1.54, 1.807) is 0 Å². The standard InChI is InChI=1S/C17H20N2O2/c18-10-14-9-12-5-1-3-7-15(12)19-17(14)21-16-8-4-2-6-13(16)11-20/h2,4,6,8-9,20H,1,3,5,7,10-11,18H2. The van der Waals surface area contributed by atoms with E-state index in [4.69, 9.17) is 10.5 Å². The minimum atomic E-state index is -0.0565. The lowest BCUT2D eigenvalue weighted by atomic mass is 9.95. The zero-order chi connectivity index (χ0) is 14.7. The monoisotopic (exact) mass is 284 g/mol. The molecule has 2 aromatic rings. The molecule has 1 aromatic carbocycles. The Kier molecular flexibility index (Phi) is 4.18. The van der Waals surface area contributed by atoms with Crippen LogP contribution in [0.3, 0.4) is 0 Å². The number of fused-ring (bicyclic) bond motifs is 1. The predicted octanol–water partition coefficient (Wildman–Crippen LogP) is 2.70. The average Bonchev–Trinajstić information content (AvgIpc) is 2.54. The molecule has 3 N–H and O–H groups in total. The van der Waals surface area contributed by atoms with Gasteiger partial charge in [-0.05, 0) is 43.4 Å². The lowest BCUT2D eigenvalue weighted by molar-refractivity contribution is 0.276. The summed E-state index contributed by atoms with van der Waals surface area (Å²) < 4.78 is 5.94. The molecular weight excluding hydrogens is 264 g/mol. The summed E-state index contributed by atoms with van der Waals surface area (Å²) in [5, 5.41) is 9.39. The number of nitrogens with zero attached hydrogens (tertiary/aromatic N) is 1. The number of nitrogens with two attached hydrogens (primary N) is 1. The van der Waals surface area contributed by atoms with Crippen molar-refractivity contribution in [2.75, 3.05) is 0 Å².